The van der Waals surface area contributed by atoms with Gasteiger partial charge in [-0.3, -0.25) is 0 Å². The van der Waals surface area contributed by atoms with Crippen molar-refractivity contribution in [1.82, 2.24) is 5.32 Å². The molecular formula is C13H15ClN2O. The molecule has 3 nitrogen and oxygen atoms in total. The standard InChI is InChI=1S/C13H15ClN2O/c1-9-2-3-13(17-9)8-16-7-10-4-11(14)6-12(15)5-10/h2-6,16H,7-8,15H2,1H3. The van der Waals surface area contributed by atoms with Crippen molar-refractivity contribution in [2.45, 2.75) is 20.0 Å². The van der Waals surface area contributed by atoms with Crippen LogP contribution in [0, 0.1) is 6.92 Å². The molecule has 0 amide bonds. The number of rotatable bonds is 4. The van der Waals surface area contributed by atoms with Crippen LogP contribution in [-0.4, -0.2) is 0 Å². The first kappa shape index (κ1) is 12.0. The lowest BCUT2D eigenvalue weighted by Crippen LogP contribution is -2.12. The van der Waals surface area contributed by atoms with Crippen LogP contribution in [0.1, 0.15) is 17.1 Å². The predicted octanol–water partition coefficient (Wildman–Crippen LogP) is 3.11. The molecule has 0 bridgehead atoms. The zero-order chi connectivity index (χ0) is 12.3. The molecule has 0 aliphatic heterocycles. The Morgan fingerprint density at radius 2 is 2.06 bits per heavy atom. The van der Waals surface area contributed by atoms with Gasteiger partial charge in [0.2, 0.25) is 0 Å². The van der Waals surface area contributed by atoms with Crippen molar-refractivity contribution in [3.63, 3.8) is 0 Å². The third-order valence-electron chi connectivity index (χ3n) is 2.40. The van der Waals surface area contributed by atoms with E-state index in [1.165, 1.54) is 0 Å². The first-order chi connectivity index (χ1) is 8.13. The van der Waals surface area contributed by atoms with E-state index in [1.54, 1.807) is 6.07 Å². The van der Waals surface area contributed by atoms with Gasteiger partial charge in [-0.05, 0) is 42.8 Å². The van der Waals surface area contributed by atoms with Crippen molar-refractivity contribution < 1.29 is 4.42 Å². The molecule has 0 saturated carbocycles. The Labute approximate surface area is 106 Å². The normalized spacial score (nSPS) is 10.7. The van der Waals surface area contributed by atoms with Crippen molar-refractivity contribution in [2.24, 2.45) is 0 Å². The average Bonchev–Trinajstić information content (AvgIpc) is 2.63. The third kappa shape index (κ3) is 3.51. The Hall–Kier alpha value is -1.45. The summed E-state index contributed by atoms with van der Waals surface area (Å²) in [5.41, 5.74) is 7.47. The summed E-state index contributed by atoms with van der Waals surface area (Å²) in [6, 6.07) is 9.47. The lowest BCUT2D eigenvalue weighted by molar-refractivity contribution is 0.462. The molecule has 0 atom stereocenters. The summed E-state index contributed by atoms with van der Waals surface area (Å²) in [5, 5.41) is 3.94. The van der Waals surface area contributed by atoms with Crippen LogP contribution in [0.2, 0.25) is 5.02 Å². The molecule has 0 spiro atoms. The fourth-order valence-electron chi connectivity index (χ4n) is 1.69. The van der Waals surface area contributed by atoms with Crippen LogP contribution in [0.5, 0.6) is 0 Å². The molecule has 0 aliphatic carbocycles. The molecule has 1 heterocycles. The van der Waals surface area contributed by atoms with Crippen LogP contribution < -0.4 is 11.1 Å². The summed E-state index contributed by atoms with van der Waals surface area (Å²) in [7, 11) is 0. The molecule has 17 heavy (non-hydrogen) atoms. The number of nitrogen functional groups attached to an aromatic ring is 1. The van der Waals surface area contributed by atoms with Gasteiger partial charge in [-0.15, -0.1) is 0 Å². The van der Waals surface area contributed by atoms with E-state index in [-0.39, 0.29) is 0 Å². The van der Waals surface area contributed by atoms with Crippen LogP contribution in [0.4, 0.5) is 5.69 Å². The van der Waals surface area contributed by atoms with E-state index in [0.29, 0.717) is 23.8 Å². The van der Waals surface area contributed by atoms with E-state index >= 15 is 0 Å². The second-order valence-electron chi connectivity index (χ2n) is 4.01. The Kier molecular flexibility index (Phi) is 3.71. The Morgan fingerprint density at radius 1 is 1.24 bits per heavy atom. The van der Waals surface area contributed by atoms with Gasteiger partial charge in [0.1, 0.15) is 11.5 Å². The van der Waals surface area contributed by atoms with E-state index in [2.05, 4.69) is 5.32 Å². The molecule has 90 valence electrons. The SMILES string of the molecule is Cc1ccc(CNCc2cc(N)cc(Cl)c2)o1. The first-order valence-corrected chi connectivity index (χ1v) is 5.82. The van der Waals surface area contributed by atoms with Gasteiger partial charge in [0.15, 0.2) is 0 Å². The van der Waals surface area contributed by atoms with Gasteiger partial charge in [0.25, 0.3) is 0 Å². The Morgan fingerprint density at radius 3 is 2.71 bits per heavy atom. The highest BCUT2D eigenvalue weighted by Crippen LogP contribution is 2.16. The molecule has 3 N–H and O–H groups in total. The van der Waals surface area contributed by atoms with Gasteiger partial charge in [-0.25, -0.2) is 0 Å². The van der Waals surface area contributed by atoms with E-state index < -0.39 is 0 Å². The highest BCUT2D eigenvalue weighted by atomic mass is 35.5. The quantitative estimate of drug-likeness (QED) is 0.820. The zero-order valence-electron chi connectivity index (χ0n) is 9.66. The largest absolute Gasteiger partial charge is 0.465 e. The van der Waals surface area contributed by atoms with Gasteiger partial charge in [0.05, 0.1) is 6.54 Å². The Bertz CT molecular complexity index is 488. The van der Waals surface area contributed by atoms with Crippen LogP contribution in [0.15, 0.2) is 34.7 Å². The van der Waals surface area contributed by atoms with Crippen LogP contribution in [0.3, 0.4) is 0 Å². The van der Waals surface area contributed by atoms with Gasteiger partial charge < -0.3 is 15.5 Å². The van der Waals surface area contributed by atoms with Gasteiger partial charge in [-0.1, -0.05) is 11.6 Å². The minimum absolute atomic E-state index is 0.663. The maximum absolute atomic E-state index is 5.92. The lowest BCUT2D eigenvalue weighted by Gasteiger charge is -2.05. The smallest absolute Gasteiger partial charge is 0.117 e. The summed E-state index contributed by atoms with van der Waals surface area (Å²) in [6.07, 6.45) is 0. The van der Waals surface area contributed by atoms with E-state index in [9.17, 15) is 0 Å². The molecule has 4 heteroatoms. The fourth-order valence-corrected chi connectivity index (χ4v) is 1.95. The molecule has 0 unspecified atom stereocenters. The van der Waals surface area contributed by atoms with Crippen molar-refractivity contribution in [2.75, 3.05) is 5.73 Å². The molecule has 1 aromatic heterocycles. The number of halogens is 1. The first-order valence-electron chi connectivity index (χ1n) is 5.44. The molecule has 2 aromatic rings. The number of nitrogens with one attached hydrogen (secondary N) is 1. The van der Waals surface area contributed by atoms with Crippen molar-refractivity contribution in [3.05, 3.63) is 52.4 Å². The number of nitrogens with two attached hydrogens (primary N) is 1. The monoisotopic (exact) mass is 250 g/mol. The summed E-state index contributed by atoms with van der Waals surface area (Å²) >= 11 is 5.92. The molecule has 0 radical (unpaired) electrons. The molecular weight excluding hydrogens is 236 g/mol. The highest BCUT2D eigenvalue weighted by Gasteiger charge is 2.00. The van der Waals surface area contributed by atoms with Gasteiger partial charge in [-0.2, -0.15) is 0 Å². The number of hydrogen-bond donors (Lipinski definition) is 2. The number of hydrogen-bond acceptors (Lipinski definition) is 3. The van der Waals surface area contributed by atoms with Crippen LogP contribution in [0.25, 0.3) is 0 Å². The molecule has 1 aromatic carbocycles. The van der Waals surface area contributed by atoms with Crippen molar-refractivity contribution in [3.8, 4) is 0 Å². The minimum Gasteiger partial charge on any atom is -0.465 e. The second kappa shape index (κ2) is 5.25. The van der Waals surface area contributed by atoms with E-state index in [1.807, 2.05) is 31.2 Å². The maximum Gasteiger partial charge on any atom is 0.117 e. The van der Waals surface area contributed by atoms with Crippen LogP contribution in [-0.2, 0) is 13.1 Å². The minimum atomic E-state index is 0.663. The number of benzene rings is 1. The van der Waals surface area contributed by atoms with Gasteiger partial charge >= 0.3 is 0 Å². The molecule has 0 fully saturated rings. The summed E-state index contributed by atoms with van der Waals surface area (Å²) in [6.45, 7) is 3.34. The second-order valence-corrected chi connectivity index (χ2v) is 4.45. The molecule has 2 rings (SSSR count). The molecule has 0 saturated heterocycles. The van der Waals surface area contributed by atoms with Gasteiger partial charge in [0, 0.05) is 17.3 Å². The van der Waals surface area contributed by atoms with E-state index in [0.717, 1.165) is 17.1 Å². The number of aryl methyl sites for hydroxylation is 1. The maximum atomic E-state index is 5.92. The molecule has 0 aliphatic rings. The Balaban J connectivity index is 1.89. The highest BCUT2D eigenvalue weighted by molar-refractivity contribution is 6.30. The fraction of sp³-hybridized carbons (Fsp3) is 0.231. The zero-order valence-corrected chi connectivity index (χ0v) is 10.4. The lowest BCUT2D eigenvalue weighted by atomic mass is 10.2. The van der Waals surface area contributed by atoms with Crippen molar-refractivity contribution >= 4 is 17.3 Å². The van der Waals surface area contributed by atoms with Crippen molar-refractivity contribution in [1.29, 1.82) is 0 Å². The summed E-state index contributed by atoms with van der Waals surface area (Å²) < 4.78 is 5.46. The number of furan rings is 1. The summed E-state index contributed by atoms with van der Waals surface area (Å²) in [5.74, 6) is 1.85. The van der Waals surface area contributed by atoms with E-state index in [4.69, 9.17) is 21.8 Å². The van der Waals surface area contributed by atoms with Crippen LogP contribution >= 0.6 is 11.6 Å². The third-order valence-corrected chi connectivity index (χ3v) is 2.62. The predicted molar refractivity (Wildman–Crippen MR) is 69.9 cm³/mol. The number of anilines is 1. The summed E-state index contributed by atoms with van der Waals surface area (Å²) in [4.78, 5) is 0. The average molecular weight is 251 g/mol. The topological polar surface area (TPSA) is 51.2 Å².